The minimum atomic E-state index is -0.122. The molecule has 0 saturated heterocycles. The molecule has 1 heterocycles. The third-order valence-electron chi connectivity index (χ3n) is 3.78. The Kier molecular flexibility index (Phi) is 3.23. The second-order valence-electron chi connectivity index (χ2n) is 6.32. The van der Waals surface area contributed by atoms with Crippen molar-refractivity contribution >= 4 is 22.6 Å². The van der Waals surface area contributed by atoms with Crippen LogP contribution in [0.15, 0.2) is 29.1 Å². The number of nitrogens with zero attached hydrogens (tertiary/aromatic N) is 1. The van der Waals surface area contributed by atoms with Crippen LogP contribution in [0.25, 0.3) is 0 Å². The molecule has 1 aliphatic rings. The molecule has 104 valence electrons. The van der Waals surface area contributed by atoms with Gasteiger partial charge in [0.05, 0.1) is 5.69 Å². The van der Waals surface area contributed by atoms with Gasteiger partial charge in [0, 0.05) is 11.3 Å². The Morgan fingerprint density at radius 2 is 2.00 bits per heavy atom. The normalized spacial score (nSPS) is 17.5. The molecule has 0 bridgehead atoms. The summed E-state index contributed by atoms with van der Waals surface area (Å²) < 4.78 is 0.700. The molecule has 1 aromatic heterocycles. The van der Waals surface area contributed by atoms with Crippen molar-refractivity contribution in [1.29, 1.82) is 0 Å². The standard InChI is InChI=1S/C16H17IN2O/c1-16(2,3)13-12(17)15(20)19-14(18-13)11-8-9-6-4-5-7-10(9)11/h4-7,11H,8H2,1-3H3,(H,18,19,20). The first kappa shape index (κ1) is 13.8. The SMILES string of the molecule is CC(C)(C)c1nc(C2Cc3ccccc32)[nH]c(=O)c1I. The minimum absolute atomic E-state index is 0.0232. The van der Waals surface area contributed by atoms with Crippen LogP contribution in [0, 0.1) is 3.57 Å². The number of aromatic nitrogens is 2. The Morgan fingerprint density at radius 3 is 2.65 bits per heavy atom. The van der Waals surface area contributed by atoms with Crippen LogP contribution >= 0.6 is 22.6 Å². The van der Waals surface area contributed by atoms with Crippen LogP contribution in [0.5, 0.6) is 0 Å². The number of H-pyrrole nitrogens is 1. The average molecular weight is 380 g/mol. The number of aromatic amines is 1. The lowest BCUT2D eigenvalue weighted by atomic mass is 9.77. The van der Waals surface area contributed by atoms with E-state index in [1.54, 1.807) is 0 Å². The Bertz CT molecular complexity index is 728. The molecule has 1 unspecified atom stereocenters. The third kappa shape index (κ3) is 2.20. The summed E-state index contributed by atoms with van der Waals surface area (Å²) in [5, 5.41) is 0. The van der Waals surface area contributed by atoms with Crippen molar-refractivity contribution in [2.24, 2.45) is 0 Å². The van der Waals surface area contributed by atoms with Crippen LogP contribution < -0.4 is 5.56 Å². The lowest BCUT2D eigenvalue weighted by molar-refractivity contribution is 0.545. The van der Waals surface area contributed by atoms with Crippen LogP contribution in [0.1, 0.15) is 49.3 Å². The summed E-state index contributed by atoms with van der Waals surface area (Å²) in [6.45, 7) is 6.28. The predicted molar refractivity (Wildman–Crippen MR) is 88.3 cm³/mol. The Labute approximate surface area is 132 Å². The molecule has 0 amide bonds. The Hall–Kier alpha value is -1.17. The first-order valence-corrected chi connectivity index (χ1v) is 7.84. The molecular weight excluding hydrogens is 363 g/mol. The van der Waals surface area contributed by atoms with Crippen molar-refractivity contribution in [3.8, 4) is 0 Å². The number of halogens is 1. The summed E-state index contributed by atoms with van der Waals surface area (Å²) in [5.41, 5.74) is 3.39. The molecule has 2 aromatic rings. The van der Waals surface area contributed by atoms with Crippen LogP contribution in [-0.2, 0) is 11.8 Å². The van der Waals surface area contributed by atoms with E-state index >= 15 is 0 Å². The van der Waals surface area contributed by atoms with E-state index in [2.05, 4.69) is 66.5 Å². The zero-order valence-corrected chi connectivity index (χ0v) is 14.0. The van der Waals surface area contributed by atoms with E-state index in [0.717, 1.165) is 17.9 Å². The molecule has 3 rings (SSSR count). The Morgan fingerprint density at radius 1 is 1.30 bits per heavy atom. The molecule has 0 fully saturated rings. The molecule has 0 aliphatic heterocycles. The van der Waals surface area contributed by atoms with Gasteiger partial charge in [-0.15, -0.1) is 0 Å². The molecule has 1 N–H and O–H groups in total. The fraction of sp³-hybridized carbons (Fsp3) is 0.375. The first-order valence-electron chi connectivity index (χ1n) is 6.76. The highest BCUT2D eigenvalue weighted by atomic mass is 127. The largest absolute Gasteiger partial charge is 0.309 e. The maximum Gasteiger partial charge on any atom is 0.264 e. The quantitative estimate of drug-likeness (QED) is 0.772. The average Bonchev–Trinajstić information content (AvgIpc) is 2.33. The van der Waals surface area contributed by atoms with Crippen molar-refractivity contribution in [1.82, 2.24) is 9.97 Å². The number of fused-ring (bicyclic) bond motifs is 1. The maximum absolute atomic E-state index is 12.2. The zero-order valence-electron chi connectivity index (χ0n) is 11.8. The van der Waals surface area contributed by atoms with Crippen molar-refractivity contribution in [3.63, 3.8) is 0 Å². The molecule has 1 aliphatic carbocycles. The van der Waals surface area contributed by atoms with Crippen LogP contribution in [0.2, 0.25) is 0 Å². The highest BCUT2D eigenvalue weighted by Crippen LogP contribution is 2.38. The highest BCUT2D eigenvalue weighted by Gasteiger charge is 2.31. The zero-order chi connectivity index (χ0) is 14.5. The second kappa shape index (κ2) is 4.69. The van der Waals surface area contributed by atoms with E-state index < -0.39 is 0 Å². The van der Waals surface area contributed by atoms with Gasteiger partial charge in [-0.05, 0) is 40.1 Å². The first-order chi connectivity index (χ1) is 9.38. The van der Waals surface area contributed by atoms with E-state index in [0.29, 0.717) is 3.57 Å². The van der Waals surface area contributed by atoms with Gasteiger partial charge in [0.25, 0.3) is 5.56 Å². The van der Waals surface area contributed by atoms with Crippen molar-refractivity contribution in [2.45, 2.75) is 38.5 Å². The number of nitrogens with one attached hydrogen (secondary N) is 1. The molecule has 0 radical (unpaired) electrons. The van der Waals surface area contributed by atoms with Gasteiger partial charge in [-0.2, -0.15) is 0 Å². The molecule has 4 heteroatoms. The smallest absolute Gasteiger partial charge is 0.264 e. The number of hydrogen-bond acceptors (Lipinski definition) is 2. The van der Waals surface area contributed by atoms with Crippen LogP contribution in [-0.4, -0.2) is 9.97 Å². The summed E-state index contributed by atoms with van der Waals surface area (Å²) in [7, 11) is 0. The van der Waals surface area contributed by atoms with E-state index in [1.165, 1.54) is 11.1 Å². The molecule has 0 spiro atoms. The maximum atomic E-state index is 12.2. The summed E-state index contributed by atoms with van der Waals surface area (Å²) in [4.78, 5) is 19.9. The highest BCUT2D eigenvalue weighted by molar-refractivity contribution is 14.1. The van der Waals surface area contributed by atoms with E-state index in [9.17, 15) is 4.79 Å². The van der Waals surface area contributed by atoms with E-state index in [4.69, 9.17) is 4.98 Å². The fourth-order valence-corrected chi connectivity index (χ4v) is 3.71. The van der Waals surface area contributed by atoms with Crippen molar-refractivity contribution in [3.05, 3.63) is 60.8 Å². The molecule has 1 atom stereocenters. The van der Waals surface area contributed by atoms with Gasteiger partial charge in [0.2, 0.25) is 0 Å². The summed E-state index contributed by atoms with van der Waals surface area (Å²) in [6, 6.07) is 8.36. The topological polar surface area (TPSA) is 45.8 Å². The summed E-state index contributed by atoms with van der Waals surface area (Å²) in [5.74, 6) is 1.04. The van der Waals surface area contributed by atoms with Crippen LogP contribution in [0.4, 0.5) is 0 Å². The van der Waals surface area contributed by atoms with Gasteiger partial charge in [-0.3, -0.25) is 4.79 Å². The molecular formula is C16H17IN2O. The van der Waals surface area contributed by atoms with Gasteiger partial charge in [0.15, 0.2) is 0 Å². The number of hydrogen-bond donors (Lipinski definition) is 1. The van der Waals surface area contributed by atoms with Gasteiger partial charge < -0.3 is 4.98 Å². The molecule has 0 saturated carbocycles. The number of rotatable bonds is 1. The van der Waals surface area contributed by atoms with Crippen LogP contribution in [0.3, 0.4) is 0 Å². The van der Waals surface area contributed by atoms with Crippen molar-refractivity contribution in [2.75, 3.05) is 0 Å². The minimum Gasteiger partial charge on any atom is -0.309 e. The summed E-state index contributed by atoms with van der Waals surface area (Å²) in [6.07, 6.45) is 0.962. The lowest BCUT2D eigenvalue weighted by Crippen LogP contribution is -2.29. The fourth-order valence-electron chi connectivity index (χ4n) is 2.64. The van der Waals surface area contributed by atoms with Gasteiger partial charge >= 0.3 is 0 Å². The van der Waals surface area contributed by atoms with E-state index in [1.807, 2.05) is 6.07 Å². The van der Waals surface area contributed by atoms with Gasteiger partial charge in [-0.25, -0.2) is 4.98 Å². The van der Waals surface area contributed by atoms with Crippen molar-refractivity contribution < 1.29 is 0 Å². The predicted octanol–water partition coefficient (Wildman–Crippen LogP) is 3.36. The number of benzene rings is 1. The monoisotopic (exact) mass is 380 g/mol. The molecule has 1 aromatic carbocycles. The molecule has 20 heavy (non-hydrogen) atoms. The second-order valence-corrected chi connectivity index (χ2v) is 7.40. The van der Waals surface area contributed by atoms with Gasteiger partial charge in [-0.1, -0.05) is 45.0 Å². The summed E-state index contributed by atoms with van der Waals surface area (Å²) >= 11 is 2.09. The third-order valence-corrected chi connectivity index (χ3v) is 4.78. The van der Waals surface area contributed by atoms with Gasteiger partial charge in [0.1, 0.15) is 9.39 Å². The molecule has 3 nitrogen and oxygen atoms in total. The Balaban J connectivity index is 2.10. The van der Waals surface area contributed by atoms with E-state index in [-0.39, 0.29) is 16.9 Å². The lowest BCUT2D eigenvalue weighted by Gasteiger charge is -2.30.